The van der Waals surface area contributed by atoms with Gasteiger partial charge < -0.3 is 10.5 Å². The third-order valence-electron chi connectivity index (χ3n) is 2.64. The summed E-state index contributed by atoms with van der Waals surface area (Å²) in [7, 11) is 0. The average molecular weight is 272 g/mol. The van der Waals surface area contributed by atoms with Gasteiger partial charge in [-0.3, -0.25) is 0 Å². The fraction of sp³-hybridized carbons (Fsp3) is 0.182. The minimum absolute atomic E-state index is 0.197. The number of nitrogens with two attached hydrogens (primary N) is 1. The molecule has 2 N–H and O–H groups in total. The van der Waals surface area contributed by atoms with E-state index in [2.05, 4.69) is 4.98 Å². The molecule has 1 aromatic carbocycles. The van der Waals surface area contributed by atoms with Crippen molar-refractivity contribution in [1.29, 1.82) is 0 Å². The molecule has 2 heterocycles. The zero-order chi connectivity index (χ0) is 12.9. The highest BCUT2D eigenvalue weighted by molar-refractivity contribution is 7.15. The summed E-state index contributed by atoms with van der Waals surface area (Å²) in [6, 6.07) is 3.38. The number of nitrogen functional groups attached to an aromatic ring is 1. The third kappa shape index (κ3) is 1.71. The van der Waals surface area contributed by atoms with E-state index in [4.69, 9.17) is 10.5 Å². The summed E-state index contributed by atoms with van der Waals surface area (Å²) < 4.78 is 43.0. The molecule has 0 radical (unpaired) electrons. The lowest BCUT2D eigenvalue weighted by Crippen LogP contribution is -2.08. The lowest BCUT2D eigenvalue weighted by molar-refractivity contribution is -0.137. The fourth-order valence-corrected chi connectivity index (χ4v) is 2.59. The van der Waals surface area contributed by atoms with Gasteiger partial charge in [0.2, 0.25) is 0 Å². The van der Waals surface area contributed by atoms with E-state index in [1.807, 2.05) is 0 Å². The van der Waals surface area contributed by atoms with Crippen molar-refractivity contribution in [2.24, 2.45) is 0 Å². The van der Waals surface area contributed by atoms with E-state index in [0.717, 1.165) is 17.0 Å². The van der Waals surface area contributed by atoms with Crippen LogP contribution in [0.3, 0.4) is 0 Å². The molecule has 3 nitrogen and oxygen atoms in total. The van der Waals surface area contributed by atoms with Gasteiger partial charge in [0.05, 0.1) is 16.1 Å². The van der Waals surface area contributed by atoms with E-state index in [1.165, 1.54) is 17.4 Å². The Labute approximate surface area is 104 Å². The maximum Gasteiger partial charge on any atom is 0.416 e. The number of hydrogen-bond acceptors (Lipinski definition) is 4. The molecule has 0 unspecified atom stereocenters. The fourth-order valence-electron chi connectivity index (χ4n) is 1.84. The average Bonchev–Trinajstić information content (AvgIpc) is 2.68. The number of thiazole rings is 1. The van der Waals surface area contributed by atoms with Crippen molar-refractivity contribution < 1.29 is 17.9 Å². The monoisotopic (exact) mass is 272 g/mol. The van der Waals surface area contributed by atoms with Crippen LogP contribution in [0.1, 0.15) is 10.4 Å². The maximum atomic E-state index is 12.6. The van der Waals surface area contributed by atoms with Gasteiger partial charge >= 0.3 is 6.18 Å². The molecule has 0 aliphatic carbocycles. The van der Waals surface area contributed by atoms with Crippen molar-refractivity contribution in [2.45, 2.75) is 12.8 Å². The van der Waals surface area contributed by atoms with Crippen molar-refractivity contribution in [3.63, 3.8) is 0 Å². The van der Waals surface area contributed by atoms with Crippen molar-refractivity contribution >= 4 is 16.5 Å². The minimum Gasteiger partial charge on any atom is -0.487 e. The van der Waals surface area contributed by atoms with Crippen molar-refractivity contribution in [3.8, 4) is 17.0 Å². The molecule has 18 heavy (non-hydrogen) atoms. The first-order chi connectivity index (χ1) is 8.45. The molecule has 0 atom stereocenters. The molecule has 94 valence electrons. The summed E-state index contributed by atoms with van der Waals surface area (Å²) in [5.41, 5.74) is 6.03. The number of aromatic nitrogens is 1. The molecule has 1 aliphatic heterocycles. The van der Waals surface area contributed by atoms with Crippen LogP contribution in [0.25, 0.3) is 11.3 Å². The Bertz CT molecular complexity index is 621. The first-order valence-corrected chi connectivity index (χ1v) is 5.86. The highest BCUT2D eigenvalue weighted by atomic mass is 32.1. The summed E-state index contributed by atoms with van der Waals surface area (Å²) in [6.45, 7) is 0.207. The third-order valence-corrected chi connectivity index (χ3v) is 3.49. The van der Waals surface area contributed by atoms with Crippen LogP contribution in [-0.2, 0) is 12.8 Å². The van der Waals surface area contributed by atoms with Gasteiger partial charge in [-0.1, -0.05) is 11.3 Å². The molecular weight excluding hydrogens is 265 g/mol. The number of rotatable bonds is 0. The molecule has 1 aromatic heterocycles. The van der Waals surface area contributed by atoms with Crippen LogP contribution in [0.5, 0.6) is 5.75 Å². The zero-order valence-corrected chi connectivity index (χ0v) is 9.73. The Morgan fingerprint density at radius 2 is 2.11 bits per heavy atom. The highest BCUT2D eigenvalue weighted by Gasteiger charge is 2.32. The van der Waals surface area contributed by atoms with Gasteiger partial charge in [-0.25, -0.2) is 4.98 Å². The molecule has 0 spiro atoms. The van der Waals surface area contributed by atoms with Crippen LogP contribution in [0.2, 0.25) is 0 Å². The van der Waals surface area contributed by atoms with Crippen molar-refractivity contribution in [3.05, 3.63) is 28.6 Å². The summed E-state index contributed by atoms with van der Waals surface area (Å²) in [5, 5.41) is 0.386. The topological polar surface area (TPSA) is 48.1 Å². The number of ether oxygens (including phenoxy) is 1. The zero-order valence-electron chi connectivity index (χ0n) is 8.91. The van der Waals surface area contributed by atoms with Gasteiger partial charge in [-0.2, -0.15) is 13.2 Å². The first-order valence-electron chi connectivity index (χ1n) is 5.05. The van der Waals surface area contributed by atoms with Crippen LogP contribution in [0.15, 0.2) is 18.2 Å². The second kappa shape index (κ2) is 3.61. The van der Waals surface area contributed by atoms with E-state index in [9.17, 15) is 13.2 Å². The summed E-state index contributed by atoms with van der Waals surface area (Å²) in [4.78, 5) is 4.95. The number of hydrogen-bond donors (Lipinski definition) is 1. The van der Waals surface area contributed by atoms with Crippen LogP contribution in [0.4, 0.5) is 18.3 Å². The second-order valence-electron chi connectivity index (χ2n) is 3.82. The maximum absolute atomic E-state index is 12.6. The number of alkyl halides is 3. The highest BCUT2D eigenvalue weighted by Crippen LogP contribution is 2.42. The van der Waals surface area contributed by atoms with E-state index in [0.29, 0.717) is 16.4 Å². The summed E-state index contributed by atoms with van der Waals surface area (Å²) in [5.74, 6) is 0.197. The predicted octanol–water partition coefficient (Wildman–Crippen LogP) is 3.30. The Kier molecular flexibility index (Phi) is 2.28. The van der Waals surface area contributed by atoms with Crippen molar-refractivity contribution in [2.75, 3.05) is 5.73 Å². The van der Waals surface area contributed by atoms with Gasteiger partial charge in [0.1, 0.15) is 12.4 Å². The smallest absolute Gasteiger partial charge is 0.416 e. The standard InChI is InChI=1S/C11H7F3N2OS/c12-11(13,14)5-1-2-6-7(3-5)17-4-8-9(6)16-10(15)18-8/h1-3H,4H2,(H2,15,16). The van der Waals surface area contributed by atoms with Crippen LogP contribution >= 0.6 is 11.3 Å². The quantitative estimate of drug-likeness (QED) is 0.800. The lowest BCUT2D eigenvalue weighted by Gasteiger charge is -2.18. The van der Waals surface area contributed by atoms with Gasteiger partial charge in [-0.15, -0.1) is 0 Å². The van der Waals surface area contributed by atoms with Gasteiger partial charge in [0.25, 0.3) is 0 Å². The number of fused-ring (bicyclic) bond motifs is 3. The summed E-state index contributed by atoms with van der Waals surface area (Å²) in [6.07, 6.45) is -4.38. The van der Waals surface area contributed by atoms with E-state index < -0.39 is 11.7 Å². The number of nitrogens with zero attached hydrogens (tertiary/aromatic N) is 1. The minimum atomic E-state index is -4.38. The van der Waals surface area contributed by atoms with E-state index in [1.54, 1.807) is 0 Å². The second-order valence-corrected chi connectivity index (χ2v) is 4.94. The lowest BCUT2D eigenvalue weighted by atomic mass is 10.0. The van der Waals surface area contributed by atoms with E-state index >= 15 is 0 Å². The van der Waals surface area contributed by atoms with Crippen LogP contribution < -0.4 is 10.5 Å². The van der Waals surface area contributed by atoms with Gasteiger partial charge in [0, 0.05) is 5.56 Å². The van der Waals surface area contributed by atoms with Crippen LogP contribution in [-0.4, -0.2) is 4.98 Å². The number of benzene rings is 1. The van der Waals surface area contributed by atoms with Crippen LogP contribution in [0, 0.1) is 0 Å². The molecule has 0 saturated heterocycles. The number of anilines is 1. The molecule has 0 fully saturated rings. The SMILES string of the molecule is Nc1nc2c(s1)COc1cc(C(F)(F)F)ccc1-2. The molecule has 3 rings (SSSR count). The Morgan fingerprint density at radius 3 is 2.83 bits per heavy atom. The molecule has 7 heteroatoms. The molecule has 1 aliphatic rings. The van der Waals surface area contributed by atoms with Crippen molar-refractivity contribution in [1.82, 2.24) is 4.98 Å². The van der Waals surface area contributed by atoms with Gasteiger partial charge in [-0.05, 0) is 18.2 Å². The Morgan fingerprint density at radius 1 is 1.33 bits per heavy atom. The molecular formula is C11H7F3N2OS. The van der Waals surface area contributed by atoms with E-state index in [-0.39, 0.29) is 12.4 Å². The molecule has 0 amide bonds. The first kappa shape index (κ1) is 11.3. The molecule has 2 aromatic rings. The number of halogens is 3. The normalized spacial score (nSPS) is 13.7. The van der Waals surface area contributed by atoms with Gasteiger partial charge in [0.15, 0.2) is 5.13 Å². The summed E-state index contributed by atoms with van der Waals surface area (Å²) >= 11 is 1.28. The Hall–Kier alpha value is -1.76. The Balaban J connectivity index is 2.14. The molecule has 0 bridgehead atoms. The largest absolute Gasteiger partial charge is 0.487 e. The predicted molar refractivity (Wildman–Crippen MR) is 61.3 cm³/mol. The molecule has 0 saturated carbocycles.